The number of nitrogens with zero attached hydrogens (tertiary/aromatic N) is 3. The summed E-state index contributed by atoms with van der Waals surface area (Å²) in [7, 11) is 0. The summed E-state index contributed by atoms with van der Waals surface area (Å²) in [4.78, 5) is 48.6. The van der Waals surface area contributed by atoms with Crippen LogP contribution in [0.3, 0.4) is 0 Å². The second-order valence-electron chi connectivity index (χ2n) is 10.5. The van der Waals surface area contributed by atoms with Crippen LogP contribution in [0.15, 0.2) is 99.9 Å². The maximum atomic E-state index is 14.3. The predicted octanol–water partition coefficient (Wildman–Crippen LogP) is 4.73. The summed E-state index contributed by atoms with van der Waals surface area (Å²) >= 11 is 1.20. The molecule has 41 heavy (non-hydrogen) atoms. The van der Waals surface area contributed by atoms with E-state index in [4.69, 9.17) is 4.99 Å². The van der Waals surface area contributed by atoms with Crippen LogP contribution in [0.5, 0.6) is 0 Å². The first-order valence-electron chi connectivity index (χ1n) is 13.7. The van der Waals surface area contributed by atoms with E-state index in [-0.39, 0.29) is 17.4 Å². The van der Waals surface area contributed by atoms with Crippen LogP contribution in [0, 0.1) is 0 Å². The van der Waals surface area contributed by atoms with Gasteiger partial charge >= 0.3 is 0 Å². The van der Waals surface area contributed by atoms with Crippen LogP contribution in [-0.4, -0.2) is 22.9 Å². The van der Waals surface area contributed by atoms with Crippen molar-refractivity contribution in [3.05, 3.63) is 127 Å². The molecular weight excluding hydrogens is 532 g/mol. The van der Waals surface area contributed by atoms with Crippen molar-refractivity contribution in [1.82, 2.24) is 4.57 Å². The molecule has 2 aliphatic heterocycles. The van der Waals surface area contributed by atoms with Gasteiger partial charge in [-0.25, -0.2) is 4.99 Å². The van der Waals surface area contributed by atoms with E-state index in [0.29, 0.717) is 44.3 Å². The monoisotopic (exact) mass is 562 g/mol. The first kappa shape index (κ1) is 26.7. The Kier molecular flexibility index (Phi) is 6.79. The fraction of sp³-hybridized carbons (Fsp3) is 0.212. The molecule has 7 nitrogen and oxygen atoms in total. The minimum Gasteiger partial charge on any atom is -0.322 e. The van der Waals surface area contributed by atoms with Crippen LogP contribution in [0.4, 0.5) is 11.4 Å². The molecule has 8 heteroatoms. The topological polar surface area (TPSA) is 83.8 Å². The number of carbonyl (C=O) groups is 2. The molecule has 2 aliphatic rings. The van der Waals surface area contributed by atoms with E-state index >= 15 is 0 Å². The van der Waals surface area contributed by atoms with Gasteiger partial charge in [-0.05, 0) is 49.1 Å². The Labute approximate surface area is 241 Å². The molecule has 3 heterocycles. The Bertz CT molecular complexity index is 1900. The minimum atomic E-state index is -0.709. The summed E-state index contributed by atoms with van der Waals surface area (Å²) < 4.78 is 1.91. The average molecular weight is 563 g/mol. The molecule has 0 aliphatic carbocycles. The van der Waals surface area contributed by atoms with Gasteiger partial charge in [0.1, 0.15) is 4.53 Å². The van der Waals surface area contributed by atoms with Crippen LogP contribution in [0.1, 0.15) is 56.3 Å². The Morgan fingerprint density at radius 3 is 2.34 bits per heavy atom. The molecule has 3 aromatic carbocycles. The van der Waals surface area contributed by atoms with Gasteiger partial charge < -0.3 is 10.2 Å². The molecule has 0 saturated carbocycles. The summed E-state index contributed by atoms with van der Waals surface area (Å²) in [6, 6.07) is 24.1. The van der Waals surface area contributed by atoms with Crippen LogP contribution in [0.2, 0.25) is 0 Å². The van der Waals surface area contributed by atoms with Gasteiger partial charge in [0, 0.05) is 17.8 Å². The van der Waals surface area contributed by atoms with Crippen molar-refractivity contribution in [2.45, 2.75) is 39.7 Å². The van der Waals surface area contributed by atoms with Crippen molar-refractivity contribution in [3.8, 4) is 0 Å². The van der Waals surface area contributed by atoms with E-state index < -0.39 is 6.04 Å². The number of hydrogen-bond acceptors (Lipinski definition) is 5. The molecule has 1 aromatic heterocycles. The fourth-order valence-corrected chi connectivity index (χ4v) is 6.71. The van der Waals surface area contributed by atoms with E-state index in [9.17, 15) is 14.4 Å². The highest BCUT2D eigenvalue weighted by molar-refractivity contribution is 7.07. The third-order valence-corrected chi connectivity index (χ3v) is 8.71. The number of likely N-dealkylation sites (N-methyl/N-ethyl adjacent to an activating group) is 1. The average Bonchev–Trinajstić information content (AvgIpc) is 3.44. The van der Waals surface area contributed by atoms with Crippen LogP contribution < -0.4 is 25.1 Å². The molecule has 0 radical (unpaired) electrons. The lowest BCUT2D eigenvalue weighted by molar-refractivity contribution is -0.114. The normalized spacial score (nSPS) is 17.4. The van der Waals surface area contributed by atoms with Gasteiger partial charge in [0.05, 0.1) is 28.6 Å². The van der Waals surface area contributed by atoms with Gasteiger partial charge in [0.15, 0.2) is 4.80 Å². The second-order valence-corrected chi connectivity index (χ2v) is 11.5. The number of para-hydroxylation sites is 2. The van der Waals surface area contributed by atoms with Gasteiger partial charge in [0.2, 0.25) is 0 Å². The highest BCUT2D eigenvalue weighted by atomic mass is 32.1. The molecule has 4 aromatic rings. The fourth-order valence-electron chi connectivity index (χ4n) is 5.57. The zero-order valence-electron chi connectivity index (χ0n) is 23.3. The molecule has 0 spiro atoms. The van der Waals surface area contributed by atoms with Gasteiger partial charge in [-0.1, -0.05) is 85.8 Å². The van der Waals surface area contributed by atoms with Gasteiger partial charge in [-0.2, -0.15) is 0 Å². The maximum Gasteiger partial charge on any atom is 0.271 e. The van der Waals surface area contributed by atoms with Gasteiger partial charge in [-0.15, -0.1) is 0 Å². The Hall–Kier alpha value is -4.56. The zero-order valence-corrected chi connectivity index (χ0v) is 24.2. The number of fused-ring (bicyclic) bond motifs is 2. The number of amides is 2. The van der Waals surface area contributed by atoms with E-state index in [1.807, 2.05) is 85.8 Å². The maximum absolute atomic E-state index is 14.3. The number of anilines is 2. The molecule has 1 atom stereocenters. The van der Waals surface area contributed by atoms with Crippen LogP contribution >= 0.6 is 11.3 Å². The van der Waals surface area contributed by atoms with Gasteiger partial charge in [0.25, 0.3) is 17.4 Å². The summed E-state index contributed by atoms with van der Waals surface area (Å²) in [6.07, 6.45) is 0. The van der Waals surface area contributed by atoms with E-state index in [1.54, 1.807) is 16.4 Å². The molecule has 6 rings (SSSR count). The van der Waals surface area contributed by atoms with Crippen molar-refractivity contribution >= 4 is 40.1 Å². The largest absolute Gasteiger partial charge is 0.322 e. The molecule has 1 N–H and O–H groups in total. The molecule has 0 unspecified atom stereocenters. The SMILES string of the molecule is CCN1C(=O)/C(=c2/sc3n(c2=O)[C@@H](c2ccc(C(C)C)cc2)C(C(=O)Nc2ccccc2)=C(C)N=3)c2ccccc21. The van der Waals surface area contributed by atoms with Crippen molar-refractivity contribution in [1.29, 1.82) is 0 Å². The molecule has 0 saturated heterocycles. The molecule has 206 valence electrons. The standard InChI is InChI=1S/C33H30N4O3S/c1-5-36-25-14-10-9-13-24(25)27(31(36)39)29-32(40)37-28(22-17-15-21(16-18-22)19(2)3)26(20(4)34-33(37)41-29)30(38)35-23-11-7-6-8-12-23/h6-19,28H,5H2,1-4H3,(H,35,38)/b29-27+/t28-/m0/s1. The molecule has 0 fully saturated rings. The Balaban J connectivity index is 1.58. The summed E-state index contributed by atoms with van der Waals surface area (Å²) in [5.41, 5.74) is 5.11. The Morgan fingerprint density at radius 2 is 1.66 bits per heavy atom. The van der Waals surface area contributed by atoms with Crippen LogP contribution in [-0.2, 0) is 9.59 Å². The number of benzene rings is 3. The van der Waals surface area contributed by atoms with Crippen LogP contribution in [0.25, 0.3) is 5.57 Å². The number of carbonyl (C=O) groups excluding carboxylic acids is 2. The summed E-state index contributed by atoms with van der Waals surface area (Å²) in [6.45, 7) is 8.45. The summed E-state index contributed by atoms with van der Waals surface area (Å²) in [5, 5.41) is 2.98. The minimum absolute atomic E-state index is 0.199. The van der Waals surface area contributed by atoms with Crippen molar-refractivity contribution in [3.63, 3.8) is 0 Å². The third kappa shape index (κ3) is 4.44. The van der Waals surface area contributed by atoms with Gasteiger partial charge in [-0.3, -0.25) is 19.0 Å². The van der Waals surface area contributed by atoms with Crippen molar-refractivity contribution in [2.75, 3.05) is 16.8 Å². The first-order valence-corrected chi connectivity index (χ1v) is 14.5. The van der Waals surface area contributed by atoms with Crippen molar-refractivity contribution < 1.29 is 9.59 Å². The predicted molar refractivity (Wildman–Crippen MR) is 163 cm³/mol. The summed E-state index contributed by atoms with van der Waals surface area (Å²) in [5.74, 6) is -0.191. The molecule has 2 amide bonds. The van der Waals surface area contributed by atoms with Crippen molar-refractivity contribution in [2.24, 2.45) is 4.99 Å². The number of nitrogens with one attached hydrogen (secondary N) is 1. The highest BCUT2D eigenvalue weighted by Gasteiger charge is 2.36. The number of hydrogen-bond donors (Lipinski definition) is 1. The number of rotatable bonds is 5. The number of aromatic nitrogens is 1. The Morgan fingerprint density at radius 1 is 0.976 bits per heavy atom. The van der Waals surface area contributed by atoms with E-state index in [1.165, 1.54) is 11.3 Å². The smallest absolute Gasteiger partial charge is 0.271 e. The lowest BCUT2D eigenvalue weighted by atomic mass is 9.93. The third-order valence-electron chi connectivity index (χ3n) is 7.66. The molecule has 0 bridgehead atoms. The zero-order chi connectivity index (χ0) is 28.8. The number of allylic oxidation sites excluding steroid dienone is 1. The lowest BCUT2D eigenvalue weighted by Gasteiger charge is -2.25. The first-order chi connectivity index (χ1) is 19.8. The number of thiazole rings is 1. The molecular formula is C33H30N4O3S. The second kappa shape index (κ2) is 10.4. The van der Waals surface area contributed by atoms with E-state index in [0.717, 1.165) is 22.4 Å². The quantitative estimate of drug-likeness (QED) is 0.382. The van der Waals surface area contributed by atoms with E-state index in [2.05, 4.69) is 19.2 Å². The lowest BCUT2D eigenvalue weighted by Crippen LogP contribution is -2.41. The highest BCUT2D eigenvalue weighted by Crippen LogP contribution is 2.35.